The molecule has 0 fully saturated rings. The number of nitrogens with zero attached hydrogens (tertiary/aromatic N) is 1. The van der Waals surface area contributed by atoms with Crippen LogP contribution < -0.4 is 10.5 Å². The van der Waals surface area contributed by atoms with Crippen LogP contribution in [0.1, 0.15) is 11.1 Å². The number of aromatic nitrogens is 1. The fourth-order valence-corrected chi connectivity index (χ4v) is 2.14. The molecule has 100 valence electrons. The van der Waals surface area contributed by atoms with E-state index in [2.05, 4.69) is 11.1 Å². The van der Waals surface area contributed by atoms with E-state index in [0.29, 0.717) is 17.3 Å². The lowest BCUT2D eigenvalue weighted by Crippen LogP contribution is -1.96. The topological polar surface area (TPSA) is 48.1 Å². The third kappa shape index (κ3) is 2.30. The van der Waals surface area contributed by atoms with Crippen molar-refractivity contribution in [1.82, 2.24) is 4.98 Å². The highest BCUT2D eigenvalue weighted by atomic mass is 16.5. The maximum absolute atomic E-state index is 5.95. The first-order valence-corrected chi connectivity index (χ1v) is 6.54. The monoisotopic (exact) mass is 264 g/mol. The molecule has 0 aliphatic carbocycles. The van der Waals surface area contributed by atoms with Gasteiger partial charge in [-0.15, -0.1) is 0 Å². The average Bonchev–Trinajstić information content (AvgIpc) is 2.43. The van der Waals surface area contributed by atoms with E-state index in [1.807, 2.05) is 56.3 Å². The van der Waals surface area contributed by atoms with E-state index in [4.69, 9.17) is 10.5 Å². The highest BCUT2D eigenvalue weighted by molar-refractivity contribution is 5.80. The van der Waals surface area contributed by atoms with Crippen LogP contribution in [0.25, 0.3) is 10.9 Å². The number of ether oxygens (including phenoxy) is 1. The average molecular weight is 264 g/mol. The summed E-state index contributed by atoms with van der Waals surface area (Å²) in [5.74, 6) is 1.25. The second-order valence-corrected chi connectivity index (χ2v) is 4.95. The van der Waals surface area contributed by atoms with Crippen LogP contribution in [-0.2, 0) is 0 Å². The number of aryl methyl sites for hydroxylation is 2. The number of fused-ring (bicyclic) bond motifs is 1. The maximum Gasteiger partial charge on any atom is 0.222 e. The quantitative estimate of drug-likeness (QED) is 0.705. The van der Waals surface area contributed by atoms with Gasteiger partial charge in [-0.3, -0.25) is 0 Å². The minimum Gasteiger partial charge on any atom is -0.437 e. The lowest BCUT2D eigenvalue weighted by atomic mass is 10.1. The fraction of sp³-hybridized carbons (Fsp3) is 0.118. The third-order valence-electron chi connectivity index (χ3n) is 3.24. The largest absolute Gasteiger partial charge is 0.437 e. The predicted octanol–water partition coefficient (Wildman–Crippen LogP) is 4.23. The van der Waals surface area contributed by atoms with E-state index >= 15 is 0 Å². The second kappa shape index (κ2) is 4.85. The second-order valence-electron chi connectivity index (χ2n) is 4.95. The Morgan fingerprint density at radius 1 is 1.00 bits per heavy atom. The molecule has 0 saturated carbocycles. The number of hydrogen-bond acceptors (Lipinski definition) is 3. The van der Waals surface area contributed by atoms with Crippen molar-refractivity contribution in [3.05, 3.63) is 59.7 Å². The molecule has 0 amide bonds. The summed E-state index contributed by atoms with van der Waals surface area (Å²) in [4.78, 5) is 4.56. The highest BCUT2D eigenvalue weighted by Crippen LogP contribution is 2.30. The molecule has 0 radical (unpaired) electrons. The number of rotatable bonds is 2. The Hall–Kier alpha value is -2.55. The predicted molar refractivity (Wildman–Crippen MR) is 82.1 cm³/mol. The number of benzene rings is 2. The molecule has 0 bridgehead atoms. The zero-order valence-corrected chi connectivity index (χ0v) is 11.6. The summed E-state index contributed by atoms with van der Waals surface area (Å²) in [6.07, 6.45) is 0. The van der Waals surface area contributed by atoms with Crippen LogP contribution in [-0.4, -0.2) is 4.98 Å². The molecule has 2 aromatic carbocycles. The summed E-state index contributed by atoms with van der Waals surface area (Å²) in [5, 5.41) is 1.11. The van der Waals surface area contributed by atoms with Crippen LogP contribution in [0.5, 0.6) is 11.6 Å². The van der Waals surface area contributed by atoms with Crippen molar-refractivity contribution >= 4 is 16.6 Å². The van der Waals surface area contributed by atoms with Gasteiger partial charge in [0.05, 0.1) is 11.2 Å². The van der Waals surface area contributed by atoms with Crippen molar-refractivity contribution in [1.29, 1.82) is 0 Å². The fourth-order valence-electron chi connectivity index (χ4n) is 2.14. The Labute approximate surface area is 118 Å². The van der Waals surface area contributed by atoms with E-state index in [1.165, 1.54) is 0 Å². The van der Waals surface area contributed by atoms with Gasteiger partial charge in [-0.1, -0.05) is 24.3 Å². The molecule has 0 atom stereocenters. The molecule has 3 heteroatoms. The summed E-state index contributed by atoms with van der Waals surface area (Å²) in [6.45, 7) is 3.99. The first-order valence-electron chi connectivity index (χ1n) is 6.54. The SMILES string of the molecule is Cc1ccc(N)c(Oc2nc3ccccc3cc2C)c1. The van der Waals surface area contributed by atoms with E-state index < -0.39 is 0 Å². The normalized spacial score (nSPS) is 10.7. The lowest BCUT2D eigenvalue weighted by Gasteiger charge is -2.11. The van der Waals surface area contributed by atoms with Crippen LogP contribution in [0.15, 0.2) is 48.5 Å². The van der Waals surface area contributed by atoms with Gasteiger partial charge in [0.2, 0.25) is 5.88 Å². The van der Waals surface area contributed by atoms with Gasteiger partial charge in [0, 0.05) is 10.9 Å². The van der Waals surface area contributed by atoms with Crippen LogP contribution in [0.4, 0.5) is 5.69 Å². The summed E-state index contributed by atoms with van der Waals surface area (Å²) in [6, 6.07) is 15.8. The van der Waals surface area contributed by atoms with Gasteiger partial charge in [-0.25, -0.2) is 4.98 Å². The number of hydrogen-bond donors (Lipinski definition) is 1. The van der Waals surface area contributed by atoms with Gasteiger partial charge in [-0.05, 0) is 43.7 Å². The highest BCUT2D eigenvalue weighted by Gasteiger charge is 2.08. The van der Waals surface area contributed by atoms with Gasteiger partial charge in [0.15, 0.2) is 5.75 Å². The lowest BCUT2D eigenvalue weighted by molar-refractivity contribution is 0.463. The molecule has 0 saturated heterocycles. The zero-order valence-electron chi connectivity index (χ0n) is 11.6. The number of nitrogens with two attached hydrogens (primary N) is 1. The van der Waals surface area contributed by atoms with E-state index in [0.717, 1.165) is 22.0 Å². The smallest absolute Gasteiger partial charge is 0.222 e. The van der Waals surface area contributed by atoms with Crippen LogP contribution in [0, 0.1) is 13.8 Å². The Balaban J connectivity index is 2.06. The van der Waals surface area contributed by atoms with Crippen LogP contribution in [0.3, 0.4) is 0 Å². The molecular formula is C17H16N2O. The van der Waals surface area contributed by atoms with Crippen LogP contribution >= 0.6 is 0 Å². The maximum atomic E-state index is 5.95. The zero-order chi connectivity index (χ0) is 14.1. The van der Waals surface area contributed by atoms with Crippen molar-refractivity contribution in [2.45, 2.75) is 13.8 Å². The summed E-state index contributed by atoms with van der Waals surface area (Å²) in [7, 11) is 0. The van der Waals surface area contributed by atoms with Gasteiger partial charge < -0.3 is 10.5 Å². The molecule has 1 heterocycles. The molecule has 2 N–H and O–H groups in total. The molecule has 0 aliphatic rings. The molecule has 0 aliphatic heterocycles. The molecule has 0 spiro atoms. The number of nitrogen functional groups attached to an aromatic ring is 1. The number of para-hydroxylation sites is 1. The minimum atomic E-state index is 0.598. The Bertz CT molecular complexity index is 781. The van der Waals surface area contributed by atoms with Crippen molar-refractivity contribution in [3.63, 3.8) is 0 Å². The molecule has 3 aromatic rings. The van der Waals surface area contributed by atoms with Gasteiger partial charge >= 0.3 is 0 Å². The first kappa shape index (κ1) is 12.5. The molecular weight excluding hydrogens is 248 g/mol. The first-order chi connectivity index (χ1) is 9.63. The van der Waals surface area contributed by atoms with Crippen LogP contribution in [0.2, 0.25) is 0 Å². The Morgan fingerprint density at radius 2 is 1.80 bits per heavy atom. The molecule has 3 nitrogen and oxygen atoms in total. The van der Waals surface area contributed by atoms with Gasteiger partial charge in [0.1, 0.15) is 0 Å². The molecule has 0 unspecified atom stereocenters. The Kier molecular flexibility index (Phi) is 3.03. The van der Waals surface area contributed by atoms with Crippen molar-refractivity contribution < 1.29 is 4.74 Å². The van der Waals surface area contributed by atoms with Crippen molar-refractivity contribution in [2.75, 3.05) is 5.73 Å². The van der Waals surface area contributed by atoms with E-state index in [1.54, 1.807) is 0 Å². The third-order valence-corrected chi connectivity index (χ3v) is 3.24. The summed E-state index contributed by atoms with van der Waals surface area (Å²) >= 11 is 0. The summed E-state index contributed by atoms with van der Waals surface area (Å²) in [5.41, 5.74) is 9.57. The van der Waals surface area contributed by atoms with Gasteiger partial charge in [-0.2, -0.15) is 0 Å². The number of pyridine rings is 1. The molecule has 3 rings (SSSR count). The minimum absolute atomic E-state index is 0.598. The standard InChI is InChI=1S/C17H16N2O/c1-11-7-8-14(18)16(9-11)20-17-12(2)10-13-5-3-4-6-15(13)19-17/h3-10H,18H2,1-2H3. The van der Waals surface area contributed by atoms with E-state index in [-0.39, 0.29) is 0 Å². The Morgan fingerprint density at radius 3 is 2.65 bits per heavy atom. The number of anilines is 1. The summed E-state index contributed by atoms with van der Waals surface area (Å²) < 4.78 is 5.89. The van der Waals surface area contributed by atoms with E-state index in [9.17, 15) is 0 Å². The van der Waals surface area contributed by atoms with Crippen molar-refractivity contribution in [3.8, 4) is 11.6 Å². The molecule has 1 aromatic heterocycles. The van der Waals surface area contributed by atoms with Gasteiger partial charge in [0.25, 0.3) is 0 Å². The van der Waals surface area contributed by atoms with Crippen molar-refractivity contribution in [2.24, 2.45) is 0 Å². The molecule has 20 heavy (non-hydrogen) atoms.